The Morgan fingerprint density at radius 1 is 1.91 bits per heavy atom. The number of anilines is 1. The van der Waals surface area contributed by atoms with Gasteiger partial charge >= 0.3 is 0 Å². The number of rotatable bonds is 1. The van der Waals surface area contributed by atoms with Gasteiger partial charge in [-0.3, -0.25) is 4.79 Å². The molecule has 2 heterocycles. The van der Waals surface area contributed by atoms with Crippen LogP contribution in [0.1, 0.15) is 5.69 Å². The van der Waals surface area contributed by atoms with Crippen LogP contribution in [-0.4, -0.2) is 16.9 Å². The van der Waals surface area contributed by atoms with E-state index in [1.807, 2.05) is 0 Å². The fourth-order valence-electron chi connectivity index (χ4n) is 1.11. The van der Waals surface area contributed by atoms with Gasteiger partial charge in [-0.05, 0) is 0 Å². The molecule has 1 aliphatic rings. The molecule has 1 aliphatic heterocycles. The first-order chi connectivity index (χ1) is 5.27. The van der Waals surface area contributed by atoms with Gasteiger partial charge in [0.25, 0.3) is 0 Å². The maximum Gasteiger partial charge on any atom is 0.240 e. The Bertz CT molecular complexity index is 275. The number of thiazole rings is 1. The van der Waals surface area contributed by atoms with Crippen LogP contribution in [-0.2, 0) is 11.2 Å². The van der Waals surface area contributed by atoms with E-state index in [1.165, 1.54) is 11.3 Å². The van der Waals surface area contributed by atoms with Crippen LogP contribution in [0.3, 0.4) is 0 Å². The topological polar surface area (TPSA) is 68.0 Å². The highest BCUT2D eigenvalue weighted by Gasteiger charge is 2.26. The van der Waals surface area contributed by atoms with E-state index in [-0.39, 0.29) is 11.9 Å². The summed E-state index contributed by atoms with van der Waals surface area (Å²) in [4.78, 5) is 14.8. The molecule has 1 aromatic heterocycles. The zero-order valence-electron chi connectivity index (χ0n) is 5.70. The van der Waals surface area contributed by atoms with Gasteiger partial charge in [0, 0.05) is 6.42 Å². The molecule has 0 bridgehead atoms. The Morgan fingerprint density at radius 2 is 2.73 bits per heavy atom. The summed E-state index contributed by atoms with van der Waals surface area (Å²) in [6.45, 7) is 0. The summed E-state index contributed by atoms with van der Waals surface area (Å²) in [5, 5.41) is 3.98. The molecule has 0 radical (unpaired) electrons. The molecule has 11 heavy (non-hydrogen) atoms. The molecule has 0 fully saturated rings. The standard InChI is InChI=1S/C6H7N3OS/c7-5(10)3-1-4-6(9-3)11-2-8-4/h2-3,9H,1H2,(H2,7,10). The summed E-state index contributed by atoms with van der Waals surface area (Å²) < 4.78 is 0. The molecule has 3 N–H and O–H groups in total. The lowest BCUT2D eigenvalue weighted by atomic mass is 10.2. The van der Waals surface area contributed by atoms with Gasteiger partial charge in [-0.25, -0.2) is 4.98 Å². The molecule has 1 atom stereocenters. The molecular formula is C6H7N3OS. The van der Waals surface area contributed by atoms with E-state index >= 15 is 0 Å². The molecule has 1 unspecified atom stereocenters. The first kappa shape index (κ1) is 6.60. The second kappa shape index (κ2) is 2.20. The van der Waals surface area contributed by atoms with E-state index in [1.54, 1.807) is 5.51 Å². The second-order valence-electron chi connectivity index (χ2n) is 2.43. The summed E-state index contributed by atoms with van der Waals surface area (Å²) in [7, 11) is 0. The van der Waals surface area contributed by atoms with Crippen LogP contribution in [0.25, 0.3) is 0 Å². The smallest absolute Gasteiger partial charge is 0.240 e. The van der Waals surface area contributed by atoms with Crippen molar-refractivity contribution in [2.24, 2.45) is 5.73 Å². The summed E-state index contributed by atoms with van der Waals surface area (Å²) in [5.74, 6) is -0.310. The predicted octanol–water partition coefficient (Wildman–Crippen LogP) is -0.0350. The second-order valence-corrected chi connectivity index (χ2v) is 3.29. The number of hydrogen-bond donors (Lipinski definition) is 2. The van der Waals surface area contributed by atoms with Crippen molar-refractivity contribution in [3.8, 4) is 0 Å². The van der Waals surface area contributed by atoms with Gasteiger partial charge in [0.15, 0.2) is 0 Å². The SMILES string of the molecule is NC(=O)C1Cc2ncsc2N1. The van der Waals surface area contributed by atoms with Crippen LogP contribution < -0.4 is 11.1 Å². The van der Waals surface area contributed by atoms with E-state index in [2.05, 4.69) is 10.3 Å². The largest absolute Gasteiger partial charge is 0.368 e. The Labute approximate surface area is 67.4 Å². The van der Waals surface area contributed by atoms with E-state index < -0.39 is 0 Å². The van der Waals surface area contributed by atoms with Crippen LogP contribution in [0.15, 0.2) is 5.51 Å². The first-order valence-electron chi connectivity index (χ1n) is 3.25. The van der Waals surface area contributed by atoms with Crippen LogP contribution in [0, 0.1) is 0 Å². The summed E-state index contributed by atoms with van der Waals surface area (Å²) in [6.07, 6.45) is 0.633. The van der Waals surface area contributed by atoms with Crippen LogP contribution in [0.5, 0.6) is 0 Å². The highest BCUT2D eigenvalue weighted by atomic mass is 32.1. The minimum absolute atomic E-state index is 0.245. The van der Waals surface area contributed by atoms with E-state index in [4.69, 9.17) is 5.73 Å². The average molecular weight is 169 g/mol. The van der Waals surface area contributed by atoms with Gasteiger partial charge in [-0.1, -0.05) is 0 Å². The molecular weight excluding hydrogens is 162 g/mol. The molecule has 4 nitrogen and oxygen atoms in total. The maximum absolute atomic E-state index is 10.7. The van der Waals surface area contributed by atoms with Gasteiger partial charge in [-0.15, -0.1) is 11.3 Å². The number of nitrogens with two attached hydrogens (primary N) is 1. The highest BCUT2D eigenvalue weighted by Crippen LogP contribution is 2.28. The normalized spacial score (nSPS) is 20.9. The zero-order chi connectivity index (χ0) is 7.84. The Balaban J connectivity index is 2.22. The molecule has 0 aromatic carbocycles. The summed E-state index contributed by atoms with van der Waals surface area (Å²) >= 11 is 1.50. The third-order valence-corrected chi connectivity index (χ3v) is 2.49. The average Bonchev–Trinajstić information content (AvgIpc) is 2.40. The monoisotopic (exact) mass is 169 g/mol. The number of amides is 1. The molecule has 0 saturated carbocycles. The lowest BCUT2D eigenvalue weighted by molar-refractivity contribution is -0.118. The van der Waals surface area contributed by atoms with Crippen LogP contribution >= 0.6 is 11.3 Å². The van der Waals surface area contributed by atoms with E-state index in [0.717, 1.165) is 10.7 Å². The minimum Gasteiger partial charge on any atom is -0.368 e. The third-order valence-electron chi connectivity index (χ3n) is 1.69. The van der Waals surface area contributed by atoms with Crippen molar-refractivity contribution < 1.29 is 4.79 Å². The fourth-order valence-corrected chi connectivity index (χ4v) is 1.87. The van der Waals surface area contributed by atoms with Crippen molar-refractivity contribution in [1.29, 1.82) is 0 Å². The van der Waals surface area contributed by atoms with Crippen LogP contribution in [0.4, 0.5) is 5.00 Å². The third kappa shape index (κ3) is 0.970. The number of aromatic nitrogens is 1. The van der Waals surface area contributed by atoms with E-state index in [0.29, 0.717) is 6.42 Å². The van der Waals surface area contributed by atoms with Crippen molar-refractivity contribution >= 4 is 22.2 Å². The predicted molar refractivity (Wildman–Crippen MR) is 42.4 cm³/mol. The molecule has 0 saturated heterocycles. The van der Waals surface area contributed by atoms with Crippen molar-refractivity contribution in [2.45, 2.75) is 12.5 Å². The number of carbonyl (C=O) groups excluding carboxylic acids is 1. The molecule has 1 amide bonds. The van der Waals surface area contributed by atoms with Gasteiger partial charge in [0.05, 0.1) is 11.2 Å². The lowest BCUT2D eigenvalue weighted by Gasteiger charge is -2.03. The lowest BCUT2D eigenvalue weighted by Crippen LogP contribution is -2.33. The zero-order valence-corrected chi connectivity index (χ0v) is 6.52. The van der Waals surface area contributed by atoms with Gasteiger partial charge in [0.1, 0.15) is 11.0 Å². The van der Waals surface area contributed by atoms with Crippen molar-refractivity contribution in [2.75, 3.05) is 5.32 Å². The molecule has 58 valence electrons. The molecule has 2 rings (SSSR count). The Morgan fingerprint density at radius 3 is 3.36 bits per heavy atom. The molecule has 0 spiro atoms. The fraction of sp³-hybridized carbons (Fsp3) is 0.333. The number of primary amides is 1. The minimum atomic E-state index is -0.310. The quantitative estimate of drug-likeness (QED) is 0.620. The van der Waals surface area contributed by atoms with Crippen LogP contribution in [0.2, 0.25) is 0 Å². The number of nitrogens with zero attached hydrogens (tertiary/aromatic N) is 1. The number of carbonyl (C=O) groups is 1. The summed E-state index contributed by atoms with van der Waals surface area (Å²) in [6, 6.07) is -0.245. The van der Waals surface area contributed by atoms with Gasteiger partial charge < -0.3 is 11.1 Å². The van der Waals surface area contributed by atoms with Gasteiger partial charge in [-0.2, -0.15) is 0 Å². The van der Waals surface area contributed by atoms with Gasteiger partial charge in [0.2, 0.25) is 5.91 Å². The molecule has 1 aromatic rings. The number of nitrogens with one attached hydrogen (secondary N) is 1. The Kier molecular flexibility index (Phi) is 1.32. The van der Waals surface area contributed by atoms with Crippen molar-refractivity contribution in [1.82, 2.24) is 4.98 Å². The molecule has 0 aliphatic carbocycles. The Hall–Kier alpha value is -1.10. The number of hydrogen-bond acceptors (Lipinski definition) is 4. The first-order valence-corrected chi connectivity index (χ1v) is 4.13. The molecule has 5 heteroatoms. The highest BCUT2D eigenvalue weighted by molar-refractivity contribution is 7.14. The van der Waals surface area contributed by atoms with Crippen molar-refractivity contribution in [3.05, 3.63) is 11.2 Å². The number of fused-ring (bicyclic) bond motifs is 1. The van der Waals surface area contributed by atoms with E-state index in [9.17, 15) is 4.79 Å². The maximum atomic E-state index is 10.7. The summed E-state index contributed by atoms with van der Waals surface area (Å²) in [5.41, 5.74) is 7.83. The van der Waals surface area contributed by atoms with Crippen molar-refractivity contribution in [3.63, 3.8) is 0 Å².